The topological polar surface area (TPSA) is 56.1 Å². The van der Waals surface area contributed by atoms with Crippen molar-refractivity contribution in [2.24, 2.45) is 0 Å². The van der Waals surface area contributed by atoms with Gasteiger partial charge in [-0.1, -0.05) is 36.4 Å². The number of rotatable bonds is 5. The Balaban J connectivity index is 1.92. The molecule has 3 rings (SSSR count). The van der Waals surface area contributed by atoms with Crippen LogP contribution in [0.1, 0.15) is 49.9 Å². The van der Waals surface area contributed by atoms with Crippen molar-refractivity contribution in [2.75, 3.05) is 11.4 Å². The number of nitriles is 1. The number of hydrogen-bond donors (Lipinski definition) is 1. The minimum atomic E-state index is -0.359. The third-order valence-corrected chi connectivity index (χ3v) is 5.64. The Bertz CT molecular complexity index is 1060. The molecule has 2 aromatic carbocycles. The molecule has 30 heavy (non-hydrogen) atoms. The fourth-order valence-electron chi connectivity index (χ4n) is 4.16. The summed E-state index contributed by atoms with van der Waals surface area (Å²) in [6.07, 6.45) is 3.97. The van der Waals surface area contributed by atoms with Gasteiger partial charge in [0.2, 0.25) is 0 Å². The number of aryl methyl sites for hydroxylation is 1. The van der Waals surface area contributed by atoms with Gasteiger partial charge < -0.3 is 10.2 Å². The Kier molecular flexibility index (Phi) is 6.12. The summed E-state index contributed by atoms with van der Waals surface area (Å²) < 4.78 is 0. The van der Waals surface area contributed by atoms with Gasteiger partial charge in [-0.2, -0.15) is 5.26 Å². The molecule has 0 unspecified atom stereocenters. The van der Waals surface area contributed by atoms with E-state index in [4.69, 9.17) is 0 Å². The Morgan fingerprint density at radius 2 is 1.90 bits per heavy atom. The summed E-state index contributed by atoms with van der Waals surface area (Å²) in [4.78, 5) is 15.0. The predicted molar refractivity (Wildman–Crippen MR) is 124 cm³/mol. The molecule has 0 aliphatic carbocycles. The summed E-state index contributed by atoms with van der Waals surface area (Å²) in [7, 11) is 0. The molecule has 1 amide bonds. The highest BCUT2D eigenvalue weighted by atomic mass is 16.1. The molecule has 0 bridgehead atoms. The van der Waals surface area contributed by atoms with E-state index in [2.05, 4.69) is 62.2 Å². The lowest BCUT2D eigenvalue weighted by Gasteiger charge is -2.43. The lowest BCUT2D eigenvalue weighted by molar-refractivity contribution is -0.117. The number of allylic oxidation sites excluding steroid dienone is 1. The number of nitrogens with one attached hydrogen (secondary N) is 1. The van der Waals surface area contributed by atoms with E-state index < -0.39 is 0 Å². The fourth-order valence-corrected chi connectivity index (χ4v) is 4.16. The lowest BCUT2D eigenvalue weighted by Crippen LogP contribution is -2.44. The van der Waals surface area contributed by atoms with E-state index in [0.717, 1.165) is 28.8 Å². The van der Waals surface area contributed by atoms with Gasteiger partial charge in [-0.05, 0) is 75.1 Å². The second kappa shape index (κ2) is 8.59. The van der Waals surface area contributed by atoms with Crippen LogP contribution in [0, 0.1) is 18.3 Å². The third kappa shape index (κ3) is 4.31. The Morgan fingerprint density at radius 1 is 1.20 bits per heavy atom. The molecule has 0 atom stereocenters. The zero-order chi connectivity index (χ0) is 21.9. The first-order valence-electron chi connectivity index (χ1n) is 10.3. The van der Waals surface area contributed by atoms with Gasteiger partial charge in [0.25, 0.3) is 5.91 Å². The van der Waals surface area contributed by atoms with Crippen LogP contribution in [0.3, 0.4) is 0 Å². The maximum atomic E-state index is 12.6. The number of amides is 1. The van der Waals surface area contributed by atoms with Crippen LogP contribution >= 0.6 is 0 Å². The molecule has 154 valence electrons. The van der Waals surface area contributed by atoms with E-state index in [1.807, 2.05) is 37.3 Å². The molecule has 0 spiro atoms. The molecular weight excluding hydrogens is 370 g/mol. The van der Waals surface area contributed by atoms with Crippen LogP contribution in [0.4, 0.5) is 5.69 Å². The van der Waals surface area contributed by atoms with Gasteiger partial charge in [-0.15, -0.1) is 0 Å². The van der Waals surface area contributed by atoms with Crippen molar-refractivity contribution in [2.45, 2.75) is 46.7 Å². The SMILES string of the molecule is CCN1c2cc(C)c(/C=C(/C#N)C(=O)NCc3ccccc3)cc2C(C)=CC1(C)C. The summed E-state index contributed by atoms with van der Waals surface area (Å²) in [5, 5.41) is 12.4. The van der Waals surface area contributed by atoms with Crippen molar-refractivity contribution in [3.63, 3.8) is 0 Å². The van der Waals surface area contributed by atoms with Crippen molar-refractivity contribution in [3.05, 3.63) is 76.4 Å². The standard InChI is InChI=1S/C26H29N3O/c1-6-29-24-12-18(2)21(14-23(24)19(3)15-26(29,4)5)13-22(16-27)25(30)28-17-20-10-8-7-9-11-20/h7-15H,6,17H2,1-5H3,(H,28,30)/b22-13-. The largest absolute Gasteiger partial charge is 0.363 e. The summed E-state index contributed by atoms with van der Waals surface area (Å²) in [6.45, 7) is 12.0. The van der Waals surface area contributed by atoms with E-state index >= 15 is 0 Å². The summed E-state index contributed by atoms with van der Waals surface area (Å²) in [5.74, 6) is -0.359. The number of likely N-dealkylation sites (N-methyl/N-ethyl adjacent to an activating group) is 1. The molecule has 1 N–H and O–H groups in total. The van der Waals surface area contributed by atoms with Crippen LogP contribution in [0.15, 0.2) is 54.1 Å². The minimum absolute atomic E-state index is 0.0508. The number of carbonyl (C=O) groups excluding carboxylic acids is 1. The fraction of sp³-hybridized carbons (Fsp3) is 0.308. The average Bonchev–Trinajstić information content (AvgIpc) is 2.71. The van der Waals surface area contributed by atoms with E-state index in [9.17, 15) is 10.1 Å². The predicted octanol–water partition coefficient (Wildman–Crippen LogP) is 5.24. The zero-order valence-corrected chi connectivity index (χ0v) is 18.4. The summed E-state index contributed by atoms with van der Waals surface area (Å²) in [5.41, 5.74) is 6.55. The monoisotopic (exact) mass is 399 g/mol. The van der Waals surface area contributed by atoms with Gasteiger partial charge in [0, 0.05) is 24.3 Å². The van der Waals surface area contributed by atoms with Gasteiger partial charge in [-0.25, -0.2) is 0 Å². The lowest BCUT2D eigenvalue weighted by atomic mass is 9.86. The van der Waals surface area contributed by atoms with E-state index in [1.54, 1.807) is 6.08 Å². The zero-order valence-electron chi connectivity index (χ0n) is 18.4. The Labute approximate surface area is 179 Å². The van der Waals surface area contributed by atoms with Crippen LogP contribution in [-0.2, 0) is 11.3 Å². The summed E-state index contributed by atoms with van der Waals surface area (Å²) >= 11 is 0. The quantitative estimate of drug-likeness (QED) is 0.552. The van der Waals surface area contributed by atoms with Crippen molar-refractivity contribution in [1.29, 1.82) is 5.26 Å². The third-order valence-electron chi connectivity index (χ3n) is 5.64. The number of anilines is 1. The highest BCUT2D eigenvalue weighted by Gasteiger charge is 2.30. The molecule has 1 heterocycles. The molecule has 4 nitrogen and oxygen atoms in total. The van der Waals surface area contributed by atoms with Gasteiger partial charge >= 0.3 is 0 Å². The molecule has 0 fully saturated rings. The number of benzene rings is 2. The second-order valence-electron chi connectivity index (χ2n) is 8.29. The smallest absolute Gasteiger partial charge is 0.262 e. The van der Waals surface area contributed by atoms with Crippen LogP contribution in [0.25, 0.3) is 11.6 Å². The minimum Gasteiger partial charge on any atom is -0.363 e. The first-order chi connectivity index (χ1) is 14.3. The Morgan fingerprint density at radius 3 is 2.53 bits per heavy atom. The maximum Gasteiger partial charge on any atom is 0.262 e. The van der Waals surface area contributed by atoms with Gasteiger partial charge in [0.05, 0.1) is 5.54 Å². The molecular formula is C26H29N3O. The van der Waals surface area contributed by atoms with Crippen molar-refractivity contribution >= 4 is 23.2 Å². The molecule has 0 saturated heterocycles. The maximum absolute atomic E-state index is 12.6. The van der Waals surface area contributed by atoms with Crippen molar-refractivity contribution in [1.82, 2.24) is 5.32 Å². The van der Waals surface area contributed by atoms with Crippen LogP contribution < -0.4 is 10.2 Å². The molecule has 0 radical (unpaired) electrons. The molecule has 2 aromatic rings. The summed E-state index contributed by atoms with van der Waals surface area (Å²) in [6, 6.07) is 16.0. The normalized spacial score (nSPS) is 15.1. The van der Waals surface area contributed by atoms with Gasteiger partial charge in [-0.3, -0.25) is 4.79 Å². The highest BCUT2D eigenvalue weighted by molar-refractivity contribution is 6.02. The van der Waals surface area contributed by atoms with Crippen molar-refractivity contribution in [3.8, 4) is 6.07 Å². The van der Waals surface area contributed by atoms with E-state index in [0.29, 0.717) is 6.54 Å². The number of carbonyl (C=O) groups is 1. The van der Waals surface area contributed by atoms with Gasteiger partial charge in [0.1, 0.15) is 11.6 Å². The average molecular weight is 400 g/mol. The number of fused-ring (bicyclic) bond motifs is 1. The highest BCUT2D eigenvalue weighted by Crippen LogP contribution is 2.40. The van der Waals surface area contributed by atoms with Crippen LogP contribution in [0.5, 0.6) is 0 Å². The van der Waals surface area contributed by atoms with Gasteiger partial charge in [0.15, 0.2) is 0 Å². The first kappa shape index (κ1) is 21.4. The first-order valence-corrected chi connectivity index (χ1v) is 10.3. The van der Waals surface area contributed by atoms with E-state index in [-0.39, 0.29) is 17.0 Å². The molecule has 1 aliphatic heterocycles. The van der Waals surface area contributed by atoms with Crippen LogP contribution in [-0.4, -0.2) is 18.0 Å². The Hall–Kier alpha value is -3.32. The molecule has 0 aromatic heterocycles. The van der Waals surface area contributed by atoms with E-state index in [1.165, 1.54) is 11.3 Å². The van der Waals surface area contributed by atoms with Crippen molar-refractivity contribution < 1.29 is 4.79 Å². The molecule has 4 heteroatoms. The second-order valence-corrected chi connectivity index (χ2v) is 8.29. The number of hydrogen-bond acceptors (Lipinski definition) is 3. The molecule has 1 aliphatic rings. The molecule has 0 saturated carbocycles. The number of nitrogens with zero attached hydrogens (tertiary/aromatic N) is 2. The van der Waals surface area contributed by atoms with Crippen LogP contribution in [0.2, 0.25) is 0 Å².